The van der Waals surface area contributed by atoms with Crippen molar-refractivity contribution in [3.8, 4) is 0 Å². The van der Waals surface area contributed by atoms with Crippen LogP contribution in [-0.2, 0) is 14.3 Å². The van der Waals surface area contributed by atoms with Crippen molar-refractivity contribution in [2.45, 2.75) is 353 Å². The first kappa shape index (κ1) is 72.6. The maximum absolute atomic E-state index is 12.5. The molecule has 0 aromatic rings. The highest BCUT2D eigenvalue weighted by Crippen LogP contribution is 2.17. The van der Waals surface area contributed by atoms with Gasteiger partial charge >= 0.3 is 5.97 Å². The highest BCUT2D eigenvalue weighted by atomic mass is 16.5. The number of rotatable bonds is 61. The van der Waals surface area contributed by atoms with Crippen LogP contribution < -0.4 is 5.32 Å². The Kier molecular flexibility index (Phi) is 62.0. The summed E-state index contributed by atoms with van der Waals surface area (Å²) in [6.45, 7) is 4.86. The summed E-state index contributed by atoms with van der Waals surface area (Å²) in [6.07, 6.45) is 84.1. The molecule has 0 bridgehead atoms. The number of hydrogen-bond acceptors (Lipinski definition) is 5. The zero-order valence-electron chi connectivity index (χ0n) is 50.0. The van der Waals surface area contributed by atoms with Crippen LogP contribution in [0.4, 0.5) is 0 Å². The van der Waals surface area contributed by atoms with Crippen molar-refractivity contribution >= 4 is 11.9 Å². The monoisotopic (exact) mass is 1050 g/mol. The molecule has 1 amide bonds. The van der Waals surface area contributed by atoms with E-state index in [9.17, 15) is 19.8 Å². The van der Waals surface area contributed by atoms with Crippen LogP contribution in [0.2, 0.25) is 0 Å². The van der Waals surface area contributed by atoms with E-state index in [1.165, 1.54) is 225 Å². The predicted octanol–water partition coefficient (Wildman–Crippen LogP) is 21.1. The Morgan fingerprint density at radius 2 is 0.667 bits per heavy atom. The van der Waals surface area contributed by atoms with E-state index in [2.05, 4.69) is 67.8 Å². The number of amides is 1. The second-order valence-electron chi connectivity index (χ2n) is 22.4. The molecule has 0 rings (SSSR count). The van der Waals surface area contributed by atoms with Crippen molar-refractivity contribution < 1.29 is 24.5 Å². The average molecular weight is 1050 g/mol. The Balaban J connectivity index is 3.52. The largest absolute Gasteiger partial charge is 0.466 e. The molecule has 0 aliphatic heterocycles. The van der Waals surface area contributed by atoms with E-state index in [1.54, 1.807) is 6.08 Å². The van der Waals surface area contributed by atoms with E-state index >= 15 is 0 Å². The molecule has 438 valence electrons. The molecule has 2 atom stereocenters. The first-order valence-corrected chi connectivity index (χ1v) is 33.1. The maximum atomic E-state index is 12.5. The third kappa shape index (κ3) is 60.6. The zero-order valence-corrected chi connectivity index (χ0v) is 50.0. The maximum Gasteiger partial charge on any atom is 0.305 e. The number of carbonyl (C=O) groups excluding carboxylic acids is 2. The molecule has 75 heavy (non-hydrogen) atoms. The van der Waals surface area contributed by atoms with E-state index in [4.69, 9.17) is 4.74 Å². The zero-order chi connectivity index (χ0) is 54.3. The third-order valence-electron chi connectivity index (χ3n) is 15.0. The lowest BCUT2D eigenvalue weighted by Crippen LogP contribution is -2.45. The number of unbranched alkanes of at least 4 members (excludes halogenated alkanes) is 42. The standard InChI is InChI=1S/C69H127NO5/c1-3-5-7-9-11-13-15-17-19-21-23-24-25-26-27-29-33-37-41-45-49-53-57-61-67(72)66(65-71)70-68(73)62-58-54-50-46-42-38-34-30-28-32-36-40-44-48-52-56-60-64-75-69(74)63-59-55-51-47-43-39-35-31-22-20-18-16-14-12-10-8-6-4-2/h14,16,20,22,28,32,40,44,57,61,66-67,71-72H,3-13,15,17-19,21,23-27,29-31,33-39,41-43,45-56,58-60,62-65H2,1-2H3,(H,70,73)/b16-14-,22-20-,32-28-,44-40-,61-57+. The summed E-state index contributed by atoms with van der Waals surface area (Å²) in [5, 5.41) is 23.2. The number of esters is 1. The summed E-state index contributed by atoms with van der Waals surface area (Å²) in [4.78, 5) is 24.6. The minimum absolute atomic E-state index is 0.0238. The Morgan fingerprint density at radius 3 is 1.03 bits per heavy atom. The Bertz CT molecular complexity index is 1300. The highest BCUT2D eigenvalue weighted by Gasteiger charge is 2.18. The SMILES string of the molecule is CCCCCC/C=C\C/C=C\CCCCCCCCCC(=O)OCCCCC/C=C\C/C=C\CCCCCCCCCC(=O)NC(CO)C(O)/C=C/CCCCCCCCCCCCCCCCCCCCCCC. The molecule has 0 radical (unpaired) electrons. The van der Waals surface area contributed by atoms with Gasteiger partial charge in [0.05, 0.1) is 25.4 Å². The number of nitrogens with one attached hydrogen (secondary N) is 1. The Hall–Kier alpha value is -2.44. The Labute approximate surface area is 467 Å². The summed E-state index contributed by atoms with van der Waals surface area (Å²) in [6, 6.07) is -0.643. The van der Waals surface area contributed by atoms with Crippen LogP contribution in [-0.4, -0.2) is 47.4 Å². The lowest BCUT2D eigenvalue weighted by Gasteiger charge is -2.20. The third-order valence-corrected chi connectivity index (χ3v) is 15.0. The van der Waals surface area contributed by atoms with Crippen molar-refractivity contribution in [2.75, 3.05) is 13.2 Å². The summed E-state index contributed by atoms with van der Waals surface area (Å²) in [5.41, 5.74) is 0. The van der Waals surface area contributed by atoms with Gasteiger partial charge in [0.1, 0.15) is 0 Å². The quantitative estimate of drug-likeness (QED) is 0.0320. The van der Waals surface area contributed by atoms with Gasteiger partial charge in [-0.2, -0.15) is 0 Å². The van der Waals surface area contributed by atoms with Crippen LogP contribution in [0.25, 0.3) is 0 Å². The van der Waals surface area contributed by atoms with Crippen LogP contribution in [0.3, 0.4) is 0 Å². The summed E-state index contributed by atoms with van der Waals surface area (Å²) < 4.78 is 5.47. The molecule has 0 fully saturated rings. The second kappa shape index (κ2) is 64.1. The number of aliphatic hydroxyl groups excluding tert-OH is 2. The number of carbonyl (C=O) groups is 2. The summed E-state index contributed by atoms with van der Waals surface area (Å²) in [7, 11) is 0. The Morgan fingerprint density at radius 1 is 0.373 bits per heavy atom. The van der Waals surface area contributed by atoms with E-state index in [0.717, 1.165) is 89.9 Å². The first-order chi connectivity index (χ1) is 37.0. The summed E-state index contributed by atoms with van der Waals surface area (Å²) in [5.74, 6) is -0.106. The molecule has 6 nitrogen and oxygen atoms in total. The highest BCUT2D eigenvalue weighted by molar-refractivity contribution is 5.76. The molecule has 0 aromatic carbocycles. The van der Waals surface area contributed by atoms with Crippen LogP contribution in [0.5, 0.6) is 0 Å². The predicted molar refractivity (Wildman–Crippen MR) is 328 cm³/mol. The van der Waals surface area contributed by atoms with Gasteiger partial charge in [-0.05, 0) is 103 Å². The molecule has 0 aliphatic rings. The number of aliphatic hydroxyl groups is 2. The minimum atomic E-state index is -0.858. The van der Waals surface area contributed by atoms with Gasteiger partial charge in [-0.25, -0.2) is 0 Å². The van der Waals surface area contributed by atoms with E-state index in [1.807, 2.05) is 6.08 Å². The van der Waals surface area contributed by atoms with E-state index < -0.39 is 12.1 Å². The van der Waals surface area contributed by atoms with Crippen molar-refractivity contribution in [3.63, 3.8) is 0 Å². The van der Waals surface area contributed by atoms with Crippen LogP contribution in [0.1, 0.15) is 341 Å². The van der Waals surface area contributed by atoms with Crippen LogP contribution in [0, 0.1) is 0 Å². The van der Waals surface area contributed by atoms with Gasteiger partial charge in [-0.15, -0.1) is 0 Å². The molecular weight excluding hydrogens is 923 g/mol. The van der Waals surface area contributed by atoms with Crippen molar-refractivity contribution in [1.29, 1.82) is 0 Å². The molecule has 6 heteroatoms. The van der Waals surface area contributed by atoms with Crippen molar-refractivity contribution in [1.82, 2.24) is 5.32 Å². The molecule has 0 heterocycles. The fraction of sp³-hybridized carbons (Fsp3) is 0.826. The lowest BCUT2D eigenvalue weighted by molar-refractivity contribution is -0.143. The lowest BCUT2D eigenvalue weighted by atomic mass is 10.0. The molecule has 2 unspecified atom stereocenters. The fourth-order valence-electron chi connectivity index (χ4n) is 9.93. The molecule has 0 saturated carbocycles. The molecule has 0 spiro atoms. The van der Waals surface area contributed by atoms with Crippen molar-refractivity contribution in [2.24, 2.45) is 0 Å². The minimum Gasteiger partial charge on any atom is -0.466 e. The number of ether oxygens (including phenoxy) is 1. The van der Waals surface area contributed by atoms with Gasteiger partial charge in [0.2, 0.25) is 5.91 Å². The fourth-order valence-corrected chi connectivity index (χ4v) is 9.93. The number of allylic oxidation sites excluding steroid dienone is 9. The first-order valence-electron chi connectivity index (χ1n) is 33.1. The van der Waals surface area contributed by atoms with Gasteiger partial charge in [-0.1, -0.05) is 286 Å². The van der Waals surface area contributed by atoms with Crippen molar-refractivity contribution in [3.05, 3.63) is 60.8 Å². The molecule has 0 aromatic heterocycles. The topological polar surface area (TPSA) is 95.9 Å². The molecule has 0 saturated heterocycles. The molecule has 3 N–H and O–H groups in total. The van der Waals surface area contributed by atoms with Gasteiger partial charge in [0.15, 0.2) is 0 Å². The van der Waals surface area contributed by atoms with E-state index in [-0.39, 0.29) is 18.5 Å². The van der Waals surface area contributed by atoms with Gasteiger partial charge in [0, 0.05) is 12.8 Å². The van der Waals surface area contributed by atoms with E-state index in [0.29, 0.717) is 19.4 Å². The summed E-state index contributed by atoms with van der Waals surface area (Å²) >= 11 is 0. The van der Waals surface area contributed by atoms with Gasteiger partial charge < -0.3 is 20.3 Å². The van der Waals surface area contributed by atoms with Gasteiger partial charge in [-0.3, -0.25) is 9.59 Å². The average Bonchev–Trinajstić information content (AvgIpc) is 3.41. The van der Waals surface area contributed by atoms with Gasteiger partial charge in [0.25, 0.3) is 0 Å². The second-order valence-corrected chi connectivity index (χ2v) is 22.4. The number of hydrogen-bond donors (Lipinski definition) is 3. The normalized spacial score (nSPS) is 13.0. The molecular formula is C69H127NO5. The molecule has 0 aliphatic carbocycles. The van der Waals surface area contributed by atoms with Crippen LogP contribution >= 0.6 is 0 Å². The van der Waals surface area contributed by atoms with Crippen LogP contribution in [0.15, 0.2) is 60.8 Å². The smallest absolute Gasteiger partial charge is 0.305 e.